The molecule has 1 aromatic rings. The lowest BCUT2D eigenvalue weighted by molar-refractivity contribution is 0.558. The molecular weight excluding hydrogens is 228 g/mol. The standard InChI is InChI=1S/C10H15BrN2/c1-7(2)8(3)13-10-6-9(11)4-5-12-10/h4-8H,1-3H3,(H,12,13). The van der Waals surface area contributed by atoms with Crippen LogP contribution in [0.15, 0.2) is 22.8 Å². The predicted octanol–water partition coefficient (Wildman–Crippen LogP) is 3.30. The first-order chi connectivity index (χ1) is 6.09. The highest BCUT2D eigenvalue weighted by atomic mass is 79.9. The van der Waals surface area contributed by atoms with Crippen LogP contribution in [-0.4, -0.2) is 11.0 Å². The molecule has 0 aliphatic heterocycles. The Hall–Kier alpha value is -0.570. The summed E-state index contributed by atoms with van der Waals surface area (Å²) >= 11 is 3.41. The zero-order chi connectivity index (χ0) is 9.84. The van der Waals surface area contributed by atoms with E-state index in [-0.39, 0.29) is 0 Å². The molecule has 2 nitrogen and oxygen atoms in total. The van der Waals surface area contributed by atoms with E-state index in [9.17, 15) is 0 Å². The second kappa shape index (κ2) is 4.61. The first-order valence-corrected chi connectivity index (χ1v) is 5.27. The van der Waals surface area contributed by atoms with E-state index in [0.717, 1.165) is 10.3 Å². The Balaban J connectivity index is 2.64. The van der Waals surface area contributed by atoms with Gasteiger partial charge in [-0.1, -0.05) is 29.8 Å². The van der Waals surface area contributed by atoms with Crippen LogP contribution in [0.25, 0.3) is 0 Å². The molecule has 0 aliphatic rings. The fourth-order valence-electron chi connectivity index (χ4n) is 0.884. The van der Waals surface area contributed by atoms with Crippen molar-refractivity contribution < 1.29 is 0 Å². The SMILES string of the molecule is CC(C)C(C)Nc1cc(Br)ccn1. The highest BCUT2D eigenvalue weighted by Gasteiger charge is 2.06. The molecule has 1 unspecified atom stereocenters. The quantitative estimate of drug-likeness (QED) is 0.880. The first kappa shape index (κ1) is 10.5. The van der Waals surface area contributed by atoms with Crippen LogP contribution in [0.3, 0.4) is 0 Å². The van der Waals surface area contributed by atoms with Crippen LogP contribution in [0, 0.1) is 5.92 Å². The van der Waals surface area contributed by atoms with Crippen molar-refractivity contribution in [2.45, 2.75) is 26.8 Å². The molecule has 0 radical (unpaired) electrons. The average Bonchev–Trinajstić information content (AvgIpc) is 2.04. The summed E-state index contributed by atoms with van der Waals surface area (Å²) < 4.78 is 1.06. The maximum absolute atomic E-state index is 4.22. The summed E-state index contributed by atoms with van der Waals surface area (Å²) in [5, 5.41) is 3.34. The molecule has 3 heteroatoms. The molecule has 1 rings (SSSR count). The van der Waals surface area contributed by atoms with E-state index >= 15 is 0 Å². The Bertz CT molecular complexity index is 273. The fourth-order valence-corrected chi connectivity index (χ4v) is 1.22. The molecule has 0 saturated heterocycles. The number of aromatic nitrogens is 1. The lowest BCUT2D eigenvalue weighted by atomic mass is 10.1. The second-order valence-electron chi connectivity index (χ2n) is 3.54. The summed E-state index contributed by atoms with van der Waals surface area (Å²) in [6.07, 6.45) is 1.79. The van der Waals surface area contributed by atoms with Crippen LogP contribution in [0.1, 0.15) is 20.8 Å². The number of pyridine rings is 1. The normalized spacial score (nSPS) is 13.0. The molecule has 1 heterocycles. The van der Waals surface area contributed by atoms with Gasteiger partial charge in [0.2, 0.25) is 0 Å². The van der Waals surface area contributed by atoms with Crippen LogP contribution in [-0.2, 0) is 0 Å². The van der Waals surface area contributed by atoms with E-state index in [1.165, 1.54) is 0 Å². The Morgan fingerprint density at radius 3 is 2.62 bits per heavy atom. The van der Waals surface area contributed by atoms with Gasteiger partial charge < -0.3 is 5.32 Å². The lowest BCUT2D eigenvalue weighted by Gasteiger charge is -2.17. The molecule has 1 N–H and O–H groups in total. The highest BCUT2D eigenvalue weighted by molar-refractivity contribution is 9.10. The molecule has 0 bridgehead atoms. The van der Waals surface area contributed by atoms with Gasteiger partial charge in [0.15, 0.2) is 0 Å². The van der Waals surface area contributed by atoms with Gasteiger partial charge in [-0.3, -0.25) is 0 Å². The van der Waals surface area contributed by atoms with Crippen LogP contribution in [0.5, 0.6) is 0 Å². The molecule has 0 aliphatic carbocycles. The van der Waals surface area contributed by atoms with Gasteiger partial charge in [-0.05, 0) is 25.0 Å². The molecular formula is C10H15BrN2. The molecule has 72 valence electrons. The van der Waals surface area contributed by atoms with Gasteiger partial charge in [-0.25, -0.2) is 4.98 Å². The van der Waals surface area contributed by atoms with Gasteiger partial charge in [0.05, 0.1) is 0 Å². The van der Waals surface area contributed by atoms with Gasteiger partial charge in [-0.2, -0.15) is 0 Å². The topological polar surface area (TPSA) is 24.9 Å². The van der Waals surface area contributed by atoms with E-state index in [0.29, 0.717) is 12.0 Å². The Labute approximate surface area is 87.9 Å². The maximum Gasteiger partial charge on any atom is 0.127 e. The summed E-state index contributed by atoms with van der Waals surface area (Å²) in [5.74, 6) is 1.54. The van der Waals surface area contributed by atoms with Crippen molar-refractivity contribution in [3.8, 4) is 0 Å². The average molecular weight is 243 g/mol. The fraction of sp³-hybridized carbons (Fsp3) is 0.500. The Kier molecular flexibility index (Phi) is 3.72. The van der Waals surface area contributed by atoms with Crippen molar-refractivity contribution >= 4 is 21.7 Å². The highest BCUT2D eigenvalue weighted by Crippen LogP contribution is 2.15. The number of nitrogens with one attached hydrogen (secondary N) is 1. The van der Waals surface area contributed by atoms with E-state index in [1.807, 2.05) is 12.1 Å². The minimum atomic E-state index is 0.446. The predicted molar refractivity (Wildman–Crippen MR) is 59.9 cm³/mol. The number of hydrogen-bond donors (Lipinski definition) is 1. The van der Waals surface area contributed by atoms with Crippen LogP contribution < -0.4 is 5.32 Å². The van der Waals surface area contributed by atoms with E-state index in [1.54, 1.807) is 6.20 Å². The molecule has 1 aromatic heterocycles. The number of nitrogens with zero attached hydrogens (tertiary/aromatic N) is 1. The van der Waals surface area contributed by atoms with Crippen molar-refractivity contribution in [2.24, 2.45) is 5.92 Å². The Morgan fingerprint density at radius 1 is 1.38 bits per heavy atom. The molecule has 13 heavy (non-hydrogen) atoms. The third-order valence-electron chi connectivity index (χ3n) is 2.10. The van der Waals surface area contributed by atoms with Crippen molar-refractivity contribution in [1.82, 2.24) is 4.98 Å². The smallest absolute Gasteiger partial charge is 0.127 e. The first-order valence-electron chi connectivity index (χ1n) is 4.47. The number of halogens is 1. The third-order valence-corrected chi connectivity index (χ3v) is 2.59. The number of rotatable bonds is 3. The molecule has 0 spiro atoms. The van der Waals surface area contributed by atoms with Gasteiger partial charge in [0.25, 0.3) is 0 Å². The largest absolute Gasteiger partial charge is 0.367 e. The van der Waals surface area contributed by atoms with E-state index in [2.05, 4.69) is 47.0 Å². The van der Waals surface area contributed by atoms with Crippen molar-refractivity contribution in [2.75, 3.05) is 5.32 Å². The molecule has 0 saturated carbocycles. The summed E-state index contributed by atoms with van der Waals surface area (Å²) in [4.78, 5) is 4.22. The van der Waals surface area contributed by atoms with Crippen molar-refractivity contribution in [3.05, 3.63) is 22.8 Å². The zero-order valence-corrected chi connectivity index (χ0v) is 9.80. The minimum absolute atomic E-state index is 0.446. The third kappa shape index (κ3) is 3.35. The molecule has 0 fully saturated rings. The molecule has 0 amide bonds. The lowest BCUT2D eigenvalue weighted by Crippen LogP contribution is -2.21. The summed E-state index contributed by atoms with van der Waals surface area (Å²) in [6.45, 7) is 6.54. The van der Waals surface area contributed by atoms with Gasteiger partial charge in [-0.15, -0.1) is 0 Å². The van der Waals surface area contributed by atoms with Crippen molar-refractivity contribution in [3.63, 3.8) is 0 Å². The van der Waals surface area contributed by atoms with Gasteiger partial charge in [0.1, 0.15) is 5.82 Å². The Morgan fingerprint density at radius 2 is 2.08 bits per heavy atom. The molecule has 0 aromatic carbocycles. The summed E-state index contributed by atoms with van der Waals surface area (Å²) in [7, 11) is 0. The second-order valence-corrected chi connectivity index (χ2v) is 4.45. The zero-order valence-electron chi connectivity index (χ0n) is 8.21. The molecule has 1 atom stereocenters. The van der Waals surface area contributed by atoms with Crippen LogP contribution in [0.2, 0.25) is 0 Å². The minimum Gasteiger partial charge on any atom is -0.367 e. The summed E-state index contributed by atoms with van der Waals surface area (Å²) in [6, 6.07) is 4.35. The van der Waals surface area contributed by atoms with Crippen LogP contribution in [0.4, 0.5) is 5.82 Å². The monoisotopic (exact) mass is 242 g/mol. The number of hydrogen-bond acceptors (Lipinski definition) is 2. The number of anilines is 1. The van der Waals surface area contributed by atoms with Crippen LogP contribution >= 0.6 is 15.9 Å². The van der Waals surface area contributed by atoms with Crippen molar-refractivity contribution in [1.29, 1.82) is 0 Å². The van der Waals surface area contributed by atoms with Gasteiger partial charge >= 0.3 is 0 Å². The summed E-state index contributed by atoms with van der Waals surface area (Å²) in [5.41, 5.74) is 0. The maximum atomic E-state index is 4.22. The van der Waals surface area contributed by atoms with Gasteiger partial charge in [0, 0.05) is 16.7 Å². The van der Waals surface area contributed by atoms with E-state index < -0.39 is 0 Å². The van der Waals surface area contributed by atoms with E-state index in [4.69, 9.17) is 0 Å².